The van der Waals surface area contributed by atoms with Crippen LogP contribution >= 0.6 is 0 Å². The van der Waals surface area contributed by atoms with Gasteiger partial charge in [0.05, 0.1) is 12.8 Å². The van der Waals surface area contributed by atoms with Crippen LogP contribution in [0.4, 0.5) is 30.5 Å². The van der Waals surface area contributed by atoms with E-state index in [1.807, 2.05) is 0 Å². The summed E-state index contributed by atoms with van der Waals surface area (Å²) in [5.74, 6) is -3.55. The quantitative estimate of drug-likeness (QED) is 0.785. The normalized spacial score (nSPS) is 14.0. The van der Waals surface area contributed by atoms with Gasteiger partial charge >= 0.3 is 5.97 Å². The van der Waals surface area contributed by atoms with Gasteiger partial charge in [0.1, 0.15) is 23.0 Å². The van der Waals surface area contributed by atoms with Crippen molar-refractivity contribution in [1.82, 2.24) is 9.88 Å². The molecule has 1 amide bonds. The zero-order valence-corrected chi connectivity index (χ0v) is 15.8. The fourth-order valence-electron chi connectivity index (χ4n) is 3.01. The summed E-state index contributed by atoms with van der Waals surface area (Å²) < 4.78 is 46.5. The van der Waals surface area contributed by atoms with E-state index >= 15 is 0 Å². The van der Waals surface area contributed by atoms with Crippen LogP contribution in [0.25, 0.3) is 0 Å². The van der Waals surface area contributed by atoms with Gasteiger partial charge in [-0.3, -0.25) is 4.79 Å². The maximum atomic E-state index is 14.7. The number of carbonyl (C=O) groups excluding carboxylic acids is 2. The molecule has 3 rings (SSSR count). The van der Waals surface area contributed by atoms with Crippen LogP contribution in [0.3, 0.4) is 0 Å². The number of methoxy groups -OCH3 is 1. The van der Waals surface area contributed by atoms with Gasteiger partial charge in [0.25, 0.3) is 0 Å². The minimum absolute atomic E-state index is 0.0501. The van der Waals surface area contributed by atoms with Crippen molar-refractivity contribution in [3.63, 3.8) is 0 Å². The standard InChI is InChI=1S/C19H19F3N4O3/c1-11(27)25-5-7-26(8-6-25)18-15(22)10-13(19(28)29-2)17(24-18)23-16-4-3-12(20)9-14(16)21/h3-4,9-10H,5-8H2,1-2H3,(H,23,24). The molecule has 154 valence electrons. The van der Waals surface area contributed by atoms with Crippen LogP contribution in [0.2, 0.25) is 0 Å². The lowest BCUT2D eigenvalue weighted by atomic mass is 10.2. The Morgan fingerprint density at radius 2 is 1.76 bits per heavy atom. The predicted octanol–water partition coefficient (Wildman–Crippen LogP) is 2.70. The molecule has 2 heterocycles. The Bertz CT molecular complexity index is 947. The summed E-state index contributed by atoms with van der Waals surface area (Å²) in [7, 11) is 1.12. The Morgan fingerprint density at radius 1 is 1.07 bits per heavy atom. The number of carbonyl (C=O) groups is 2. The lowest BCUT2D eigenvalue weighted by Crippen LogP contribution is -2.48. The Labute approximate surface area is 165 Å². The van der Waals surface area contributed by atoms with Crippen molar-refractivity contribution < 1.29 is 27.5 Å². The van der Waals surface area contributed by atoms with Gasteiger partial charge in [-0.2, -0.15) is 0 Å². The van der Waals surface area contributed by atoms with E-state index < -0.39 is 23.4 Å². The van der Waals surface area contributed by atoms with Crippen LogP contribution in [0, 0.1) is 17.5 Å². The summed E-state index contributed by atoms with van der Waals surface area (Å²) in [4.78, 5) is 30.9. The van der Waals surface area contributed by atoms with Crippen LogP contribution in [-0.2, 0) is 9.53 Å². The van der Waals surface area contributed by atoms with E-state index in [4.69, 9.17) is 0 Å². The Hall–Kier alpha value is -3.30. The van der Waals surface area contributed by atoms with Crippen molar-refractivity contribution in [3.8, 4) is 0 Å². The molecular weight excluding hydrogens is 389 g/mol. The molecule has 1 aliphatic rings. The highest BCUT2D eigenvalue weighted by Gasteiger charge is 2.25. The molecule has 7 nitrogen and oxygen atoms in total. The maximum Gasteiger partial charge on any atom is 0.341 e. The number of ether oxygens (including phenoxy) is 1. The predicted molar refractivity (Wildman–Crippen MR) is 99.6 cm³/mol. The van der Waals surface area contributed by atoms with Gasteiger partial charge in [-0.15, -0.1) is 0 Å². The molecule has 1 N–H and O–H groups in total. The van der Waals surface area contributed by atoms with E-state index in [0.29, 0.717) is 32.2 Å². The minimum atomic E-state index is -0.899. The summed E-state index contributed by atoms with van der Waals surface area (Å²) in [5.41, 5.74) is -0.372. The second-order valence-corrected chi connectivity index (χ2v) is 6.42. The van der Waals surface area contributed by atoms with E-state index in [1.165, 1.54) is 6.92 Å². The first-order valence-corrected chi connectivity index (χ1v) is 8.81. The number of esters is 1. The summed E-state index contributed by atoms with van der Waals surface area (Å²) in [6, 6.07) is 3.80. The fraction of sp³-hybridized carbons (Fsp3) is 0.316. The van der Waals surface area contributed by atoms with E-state index in [9.17, 15) is 22.8 Å². The Morgan fingerprint density at radius 3 is 2.34 bits per heavy atom. The zero-order valence-electron chi connectivity index (χ0n) is 15.8. The molecule has 1 aliphatic heterocycles. The lowest BCUT2D eigenvalue weighted by molar-refractivity contribution is -0.129. The van der Waals surface area contributed by atoms with Crippen LogP contribution in [0.15, 0.2) is 24.3 Å². The van der Waals surface area contributed by atoms with E-state index in [1.54, 1.807) is 9.80 Å². The summed E-state index contributed by atoms with van der Waals surface area (Å²) in [6.45, 7) is 2.92. The number of nitrogens with zero attached hydrogens (tertiary/aromatic N) is 3. The molecule has 0 aliphatic carbocycles. The summed E-state index contributed by atoms with van der Waals surface area (Å²) >= 11 is 0. The molecule has 29 heavy (non-hydrogen) atoms. The Kier molecular flexibility index (Phi) is 5.90. The number of rotatable bonds is 4. The van der Waals surface area contributed by atoms with Gasteiger partial charge in [0, 0.05) is 39.2 Å². The number of piperazine rings is 1. The SMILES string of the molecule is COC(=O)c1cc(F)c(N2CCN(C(C)=O)CC2)nc1Nc1ccc(F)cc1F. The fourth-order valence-corrected chi connectivity index (χ4v) is 3.01. The molecular formula is C19H19F3N4O3. The third kappa shape index (κ3) is 4.41. The molecule has 1 saturated heterocycles. The first-order chi connectivity index (χ1) is 13.8. The molecule has 0 spiro atoms. The average molecular weight is 408 g/mol. The smallest absolute Gasteiger partial charge is 0.341 e. The molecule has 0 radical (unpaired) electrons. The number of nitrogens with one attached hydrogen (secondary N) is 1. The minimum Gasteiger partial charge on any atom is -0.465 e. The number of amides is 1. The third-order valence-corrected chi connectivity index (χ3v) is 4.57. The Balaban J connectivity index is 1.96. The second kappa shape index (κ2) is 8.38. The maximum absolute atomic E-state index is 14.7. The van der Waals surface area contributed by atoms with Gasteiger partial charge in [-0.1, -0.05) is 0 Å². The molecule has 1 aromatic carbocycles. The highest BCUT2D eigenvalue weighted by Crippen LogP contribution is 2.28. The molecule has 2 aromatic rings. The molecule has 10 heteroatoms. The van der Waals surface area contributed by atoms with Crippen molar-refractivity contribution in [2.75, 3.05) is 43.5 Å². The van der Waals surface area contributed by atoms with Gasteiger partial charge in [-0.05, 0) is 18.2 Å². The molecule has 0 saturated carbocycles. The summed E-state index contributed by atoms with van der Waals surface area (Å²) in [6.07, 6.45) is 0. The van der Waals surface area contributed by atoms with Crippen LogP contribution in [0.1, 0.15) is 17.3 Å². The van der Waals surface area contributed by atoms with Crippen LogP contribution in [0.5, 0.6) is 0 Å². The topological polar surface area (TPSA) is 74.8 Å². The molecule has 1 fully saturated rings. The van der Waals surface area contributed by atoms with Crippen LogP contribution in [-0.4, -0.2) is 55.0 Å². The van der Waals surface area contributed by atoms with E-state index in [0.717, 1.165) is 25.3 Å². The highest BCUT2D eigenvalue weighted by molar-refractivity contribution is 5.96. The first-order valence-electron chi connectivity index (χ1n) is 8.81. The average Bonchev–Trinajstić information content (AvgIpc) is 2.70. The van der Waals surface area contributed by atoms with Crippen molar-refractivity contribution in [2.24, 2.45) is 0 Å². The largest absolute Gasteiger partial charge is 0.465 e. The van der Waals surface area contributed by atoms with E-state index in [2.05, 4.69) is 15.0 Å². The number of halogens is 3. The zero-order chi connectivity index (χ0) is 21.1. The number of benzene rings is 1. The number of anilines is 3. The molecule has 1 aromatic heterocycles. The van der Waals surface area contributed by atoms with Crippen LogP contribution < -0.4 is 10.2 Å². The second-order valence-electron chi connectivity index (χ2n) is 6.42. The molecule has 0 unspecified atom stereocenters. The molecule has 0 bridgehead atoms. The van der Waals surface area contributed by atoms with Crippen molar-refractivity contribution >= 4 is 29.2 Å². The highest BCUT2D eigenvalue weighted by atomic mass is 19.1. The van der Waals surface area contributed by atoms with Crippen molar-refractivity contribution in [3.05, 3.63) is 47.3 Å². The number of aromatic nitrogens is 1. The van der Waals surface area contributed by atoms with Crippen molar-refractivity contribution in [1.29, 1.82) is 0 Å². The molecule has 0 atom stereocenters. The number of hydrogen-bond donors (Lipinski definition) is 1. The monoisotopic (exact) mass is 408 g/mol. The third-order valence-electron chi connectivity index (χ3n) is 4.57. The number of pyridine rings is 1. The number of hydrogen-bond acceptors (Lipinski definition) is 6. The van der Waals surface area contributed by atoms with Gasteiger partial charge in [0.2, 0.25) is 5.91 Å². The lowest BCUT2D eigenvalue weighted by Gasteiger charge is -2.35. The van der Waals surface area contributed by atoms with Gasteiger partial charge in [-0.25, -0.2) is 22.9 Å². The van der Waals surface area contributed by atoms with Crippen molar-refractivity contribution in [2.45, 2.75) is 6.92 Å². The van der Waals surface area contributed by atoms with Gasteiger partial charge < -0.3 is 19.9 Å². The summed E-state index contributed by atoms with van der Waals surface area (Å²) in [5, 5.41) is 2.61. The first kappa shape index (κ1) is 20.4. The van der Waals surface area contributed by atoms with E-state index in [-0.39, 0.29) is 28.8 Å². The van der Waals surface area contributed by atoms with Gasteiger partial charge in [0.15, 0.2) is 11.6 Å².